The molecule has 0 unspecified atom stereocenters. The Bertz CT molecular complexity index is 728. The molecule has 0 aliphatic heterocycles. The minimum Gasteiger partial charge on any atom is -0.406 e. The van der Waals surface area contributed by atoms with E-state index in [2.05, 4.69) is 51.6 Å². The number of benzene rings is 2. The van der Waals surface area contributed by atoms with Gasteiger partial charge in [-0.15, -0.1) is 6.58 Å². The molecule has 0 bridgehead atoms. The molecule has 3 nitrogen and oxygen atoms in total. The first kappa shape index (κ1) is 22.3. The molecule has 1 N–H and O–H groups in total. The van der Waals surface area contributed by atoms with Crippen LogP contribution in [0.4, 0.5) is 0 Å². The Morgan fingerprint density at radius 1 is 1.00 bits per heavy atom. The Labute approximate surface area is 170 Å². The Balaban J connectivity index is 2.59. The van der Waals surface area contributed by atoms with Crippen molar-refractivity contribution in [2.45, 2.75) is 45.3 Å². The van der Waals surface area contributed by atoms with Gasteiger partial charge in [-0.25, -0.2) is 0 Å². The Morgan fingerprint density at radius 3 is 1.82 bits per heavy atom. The highest BCUT2D eigenvalue weighted by molar-refractivity contribution is 6.99. The average molecular weight is 397 g/mol. The summed E-state index contributed by atoms with van der Waals surface area (Å²) in [6, 6.07) is 20.6. The van der Waals surface area contributed by atoms with Gasteiger partial charge in [0, 0.05) is 6.61 Å². The second-order valence-corrected chi connectivity index (χ2v) is 12.9. The van der Waals surface area contributed by atoms with E-state index in [4.69, 9.17) is 4.43 Å². The molecule has 2 aromatic carbocycles. The molecule has 0 fully saturated rings. The molecule has 0 aliphatic rings. The van der Waals surface area contributed by atoms with Crippen LogP contribution in [-0.4, -0.2) is 32.4 Å². The Hall–Kier alpha value is -2.01. The van der Waals surface area contributed by atoms with E-state index < -0.39 is 19.8 Å². The van der Waals surface area contributed by atoms with Crippen molar-refractivity contribution in [1.82, 2.24) is 0 Å². The van der Waals surface area contributed by atoms with Crippen LogP contribution in [0.3, 0.4) is 0 Å². The summed E-state index contributed by atoms with van der Waals surface area (Å²) in [5.41, 5.74) is -0.999. The number of carbonyl (C=O) groups is 1. The molecule has 0 heterocycles. The van der Waals surface area contributed by atoms with E-state index in [1.165, 1.54) is 0 Å². The van der Waals surface area contributed by atoms with Gasteiger partial charge < -0.3 is 14.3 Å². The highest BCUT2D eigenvalue weighted by Gasteiger charge is 2.51. The van der Waals surface area contributed by atoms with Crippen LogP contribution < -0.4 is 10.4 Å². The molecule has 0 radical (unpaired) electrons. The monoisotopic (exact) mass is 396 g/mol. The first-order valence-corrected chi connectivity index (χ1v) is 11.6. The lowest BCUT2D eigenvalue weighted by atomic mass is 9.85. The van der Waals surface area contributed by atoms with Crippen LogP contribution in [-0.2, 0) is 9.22 Å². The fourth-order valence-electron chi connectivity index (χ4n) is 3.66. The topological polar surface area (TPSA) is 46.5 Å². The van der Waals surface area contributed by atoms with Gasteiger partial charge in [0.15, 0.2) is 0 Å². The molecule has 2 aromatic rings. The minimum atomic E-state index is -2.74. The summed E-state index contributed by atoms with van der Waals surface area (Å²) in [4.78, 5) is 11.9. The number of aldehydes is 1. The van der Waals surface area contributed by atoms with Gasteiger partial charge >= 0.3 is 0 Å². The maximum absolute atomic E-state index is 11.9. The number of rotatable bonds is 9. The quantitative estimate of drug-likeness (QED) is 0.399. The van der Waals surface area contributed by atoms with Crippen LogP contribution in [0.2, 0.25) is 5.04 Å². The molecule has 4 heteroatoms. The zero-order valence-electron chi connectivity index (χ0n) is 17.4. The van der Waals surface area contributed by atoms with Gasteiger partial charge in [-0.1, -0.05) is 87.5 Å². The van der Waals surface area contributed by atoms with Crippen LogP contribution in [0.15, 0.2) is 73.3 Å². The summed E-state index contributed by atoms with van der Waals surface area (Å²) in [6.07, 6.45) is 1.97. The van der Waals surface area contributed by atoms with Crippen LogP contribution in [0, 0.1) is 5.41 Å². The van der Waals surface area contributed by atoms with Gasteiger partial charge in [-0.05, 0) is 28.8 Å². The molecule has 150 valence electrons. The molecular formula is C24H32O3Si. The number of hydrogen-bond donors (Lipinski definition) is 1. The van der Waals surface area contributed by atoms with Gasteiger partial charge in [0.1, 0.15) is 6.29 Å². The third-order valence-corrected chi connectivity index (χ3v) is 10.4. The molecule has 0 aliphatic carbocycles. The number of carbonyl (C=O) groups excluding carboxylic acids is 1. The molecule has 0 spiro atoms. The van der Waals surface area contributed by atoms with Crippen molar-refractivity contribution in [2.24, 2.45) is 5.41 Å². The van der Waals surface area contributed by atoms with Crippen LogP contribution in [0.1, 0.15) is 34.1 Å². The lowest BCUT2D eigenvalue weighted by Gasteiger charge is -2.45. The minimum absolute atomic E-state index is 0.152. The van der Waals surface area contributed by atoms with Gasteiger partial charge in [0.2, 0.25) is 0 Å². The lowest BCUT2D eigenvalue weighted by Crippen LogP contribution is -2.67. The molecule has 0 aromatic heterocycles. The number of aliphatic hydroxyl groups excluding tert-OH is 1. The van der Waals surface area contributed by atoms with Crippen molar-refractivity contribution in [2.75, 3.05) is 6.61 Å². The zero-order valence-corrected chi connectivity index (χ0v) is 18.4. The first-order chi connectivity index (χ1) is 13.2. The van der Waals surface area contributed by atoms with Crippen LogP contribution in [0.5, 0.6) is 0 Å². The molecule has 28 heavy (non-hydrogen) atoms. The van der Waals surface area contributed by atoms with Crippen molar-refractivity contribution in [1.29, 1.82) is 0 Å². The smallest absolute Gasteiger partial charge is 0.261 e. The second-order valence-electron chi connectivity index (χ2n) is 8.62. The first-order valence-electron chi connectivity index (χ1n) is 9.71. The van der Waals surface area contributed by atoms with Crippen molar-refractivity contribution < 1.29 is 14.3 Å². The van der Waals surface area contributed by atoms with Gasteiger partial charge in [-0.3, -0.25) is 0 Å². The molecule has 0 amide bonds. The molecule has 2 rings (SSSR count). The predicted molar refractivity (Wildman–Crippen MR) is 119 cm³/mol. The van der Waals surface area contributed by atoms with Crippen molar-refractivity contribution >= 4 is 25.0 Å². The third kappa shape index (κ3) is 4.35. The molecular weight excluding hydrogens is 364 g/mol. The second kappa shape index (κ2) is 8.99. The van der Waals surface area contributed by atoms with E-state index in [9.17, 15) is 9.90 Å². The summed E-state index contributed by atoms with van der Waals surface area (Å²) < 4.78 is 6.80. The van der Waals surface area contributed by atoms with E-state index in [0.29, 0.717) is 6.42 Å². The van der Waals surface area contributed by atoms with E-state index in [0.717, 1.165) is 16.7 Å². The Morgan fingerprint density at radius 2 is 1.46 bits per heavy atom. The average Bonchev–Trinajstić information content (AvgIpc) is 2.69. The molecule has 0 saturated heterocycles. The SMILES string of the molecule is C=CC[C@H](O)[C@](C)(C=O)CO[Si](c1ccccc1)(c1ccccc1)C(C)(C)C. The normalized spacial score (nSPS) is 15.5. The van der Waals surface area contributed by atoms with E-state index in [1.807, 2.05) is 36.4 Å². The third-order valence-electron chi connectivity index (χ3n) is 5.44. The summed E-state index contributed by atoms with van der Waals surface area (Å²) in [5, 5.41) is 12.7. The highest BCUT2D eigenvalue weighted by Crippen LogP contribution is 2.38. The fourth-order valence-corrected chi connectivity index (χ4v) is 8.34. The van der Waals surface area contributed by atoms with Crippen molar-refractivity contribution in [3.05, 3.63) is 73.3 Å². The van der Waals surface area contributed by atoms with Gasteiger partial charge in [-0.2, -0.15) is 0 Å². The van der Waals surface area contributed by atoms with Crippen LogP contribution >= 0.6 is 0 Å². The summed E-state index contributed by atoms with van der Waals surface area (Å²) in [5.74, 6) is 0. The predicted octanol–water partition coefficient (Wildman–Crippen LogP) is 3.71. The van der Waals surface area contributed by atoms with Gasteiger partial charge in [0.05, 0.1) is 11.5 Å². The number of aliphatic hydroxyl groups is 1. The molecule has 2 atom stereocenters. The maximum atomic E-state index is 11.9. The highest BCUT2D eigenvalue weighted by atomic mass is 28.4. The summed E-state index contributed by atoms with van der Waals surface area (Å²) in [6.45, 7) is 12.2. The van der Waals surface area contributed by atoms with Gasteiger partial charge in [0.25, 0.3) is 8.32 Å². The van der Waals surface area contributed by atoms with Crippen LogP contribution in [0.25, 0.3) is 0 Å². The van der Waals surface area contributed by atoms with Crippen molar-refractivity contribution in [3.63, 3.8) is 0 Å². The zero-order chi connectivity index (χ0) is 20.8. The molecule has 0 saturated carbocycles. The largest absolute Gasteiger partial charge is 0.406 e. The Kier molecular flexibility index (Phi) is 7.15. The lowest BCUT2D eigenvalue weighted by molar-refractivity contribution is -0.123. The number of hydrogen-bond acceptors (Lipinski definition) is 3. The summed E-state index contributed by atoms with van der Waals surface area (Å²) >= 11 is 0. The standard InChI is InChI=1S/C24H32O3Si/c1-6-13-22(26)24(5,18-25)19-27-28(23(2,3)4,20-14-9-7-10-15-20)21-16-11-8-12-17-21/h6-12,14-18,22,26H,1,13,19H2,2-5H3/t22-,24+/m0/s1. The van der Waals surface area contributed by atoms with E-state index >= 15 is 0 Å². The maximum Gasteiger partial charge on any atom is 0.261 e. The fraction of sp³-hybridized carbons (Fsp3) is 0.375. The van der Waals surface area contributed by atoms with E-state index in [-0.39, 0.29) is 11.6 Å². The summed E-state index contributed by atoms with van der Waals surface area (Å²) in [7, 11) is -2.74. The van der Waals surface area contributed by atoms with Crippen molar-refractivity contribution in [3.8, 4) is 0 Å². The van der Waals surface area contributed by atoms with E-state index in [1.54, 1.807) is 13.0 Å².